The molecule has 0 aromatic heterocycles. The third kappa shape index (κ3) is 10.8. The van der Waals surface area contributed by atoms with Crippen LogP contribution in [-0.2, 0) is 57.7 Å². The maximum absolute atomic E-state index is 14.3. The quantitative estimate of drug-likeness (QED) is 0.145. The fraction of sp³-hybridized carbons (Fsp3) is 0.436. The molecule has 15 nitrogen and oxygen atoms in total. The van der Waals surface area contributed by atoms with E-state index in [0.717, 1.165) is 16.0 Å². The highest BCUT2D eigenvalue weighted by molar-refractivity contribution is 6.38. The first-order valence-electron chi connectivity index (χ1n) is 17.9. The van der Waals surface area contributed by atoms with Crippen molar-refractivity contribution in [3.8, 4) is 0 Å². The van der Waals surface area contributed by atoms with Crippen LogP contribution in [0.25, 0.3) is 0 Å². The van der Waals surface area contributed by atoms with Crippen LogP contribution in [0.2, 0.25) is 0 Å². The number of carbonyl (C=O) groups is 8. The molecule has 1 unspecified atom stereocenters. The predicted octanol–water partition coefficient (Wildman–Crippen LogP) is 1.71. The highest BCUT2D eigenvalue weighted by atomic mass is 16.6. The second-order valence-corrected chi connectivity index (χ2v) is 13.8. The fourth-order valence-corrected chi connectivity index (χ4v) is 6.33. The van der Waals surface area contributed by atoms with Crippen LogP contribution in [-0.4, -0.2) is 106 Å². The average molecular weight is 746 g/mol. The number of ether oxygens (including phenoxy) is 1. The average Bonchev–Trinajstić information content (AvgIpc) is 3.58. The van der Waals surface area contributed by atoms with Crippen molar-refractivity contribution in [3.63, 3.8) is 0 Å². The molecular weight excluding hydrogens is 698 g/mol. The van der Waals surface area contributed by atoms with Gasteiger partial charge in [-0.3, -0.25) is 33.6 Å². The predicted molar refractivity (Wildman–Crippen MR) is 194 cm³/mol. The van der Waals surface area contributed by atoms with Crippen LogP contribution in [0.15, 0.2) is 66.7 Å². The Hall–Kier alpha value is -5.86. The van der Waals surface area contributed by atoms with Crippen molar-refractivity contribution in [2.75, 3.05) is 19.6 Å². The van der Waals surface area contributed by atoms with Crippen molar-refractivity contribution in [3.05, 3.63) is 83.4 Å². The van der Waals surface area contributed by atoms with Crippen molar-refractivity contribution >= 4 is 47.3 Å². The van der Waals surface area contributed by atoms with Gasteiger partial charge in [-0.25, -0.2) is 4.79 Å². The van der Waals surface area contributed by atoms with Crippen LogP contribution in [0, 0.1) is 5.92 Å². The number of aliphatic carboxylic acids is 1. The molecule has 5 amide bonds. The van der Waals surface area contributed by atoms with Crippen LogP contribution < -0.4 is 16.0 Å². The molecule has 4 rings (SSSR count). The number of amides is 5. The van der Waals surface area contributed by atoms with Crippen molar-refractivity contribution in [1.82, 2.24) is 25.8 Å². The summed E-state index contributed by atoms with van der Waals surface area (Å²) >= 11 is 0. The first kappa shape index (κ1) is 40.9. The second-order valence-electron chi connectivity index (χ2n) is 13.8. The number of nitrogens with zero attached hydrogens (tertiary/aromatic N) is 2. The minimum atomic E-state index is -1.46. The molecule has 2 heterocycles. The maximum Gasteiger partial charge on any atom is 0.410 e. The molecule has 0 bridgehead atoms. The lowest BCUT2D eigenvalue weighted by Gasteiger charge is -2.31. The summed E-state index contributed by atoms with van der Waals surface area (Å²) in [7, 11) is 0. The van der Waals surface area contributed by atoms with E-state index in [9.17, 15) is 38.4 Å². The number of nitrogens with one attached hydrogen (secondary N) is 3. The van der Waals surface area contributed by atoms with Gasteiger partial charge in [0.25, 0.3) is 11.8 Å². The zero-order valence-corrected chi connectivity index (χ0v) is 30.7. The second kappa shape index (κ2) is 18.8. The molecule has 288 valence electrons. The molecule has 54 heavy (non-hydrogen) atoms. The van der Waals surface area contributed by atoms with E-state index in [0.29, 0.717) is 37.1 Å². The van der Waals surface area contributed by atoms with Gasteiger partial charge >= 0.3 is 12.1 Å². The number of carboxylic acid groups (broad SMARTS) is 1. The van der Waals surface area contributed by atoms with E-state index in [1.807, 2.05) is 29.6 Å². The minimum Gasteiger partial charge on any atom is -0.480 e. The Bertz CT molecular complexity index is 1780. The highest BCUT2D eigenvalue weighted by Crippen LogP contribution is 2.26. The molecule has 15 heteroatoms. The van der Waals surface area contributed by atoms with E-state index in [4.69, 9.17) is 9.84 Å². The Morgan fingerprint density at radius 3 is 2.24 bits per heavy atom. The molecule has 4 N–H and O–H groups in total. The maximum atomic E-state index is 14.3. The number of rotatable bonds is 16. The minimum absolute atomic E-state index is 0.148. The first-order chi connectivity index (χ1) is 25.7. The number of likely N-dealkylation sites (tertiary alicyclic amines) is 1. The van der Waals surface area contributed by atoms with E-state index in [-0.39, 0.29) is 25.8 Å². The van der Waals surface area contributed by atoms with E-state index in [1.165, 1.54) is 4.90 Å². The largest absolute Gasteiger partial charge is 0.480 e. The van der Waals surface area contributed by atoms with Gasteiger partial charge in [-0.2, -0.15) is 0 Å². The van der Waals surface area contributed by atoms with E-state index < -0.39 is 83.9 Å². The molecule has 2 aliphatic rings. The summed E-state index contributed by atoms with van der Waals surface area (Å²) in [6.07, 6.45) is -1.13. The van der Waals surface area contributed by atoms with E-state index in [2.05, 4.69) is 17.2 Å². The molecule has 2 aromatic carbocycles. The number of fused-ring (bicyclic) bond motifs is 1. The van der Waals surface area contributed by atoms with Crippen molar-refractivity contribution in [1.29, 1.82) is 0 Å². The van der Waals surface area contributed by atoms with Gasteiger partial charge in [0.15, 0.2) is 0 Å². The van der Waals surface area contributed by atoms with E-state index >= 15 is 0 Å². The Morgan fingerprint density at radius 2 is 1.59 bits per heavy atom. The smallest absolute Gasteiger partial charge is 0.410 e. The van der Waals surface area contributed by atoms with Crippen LogP contribution in [0.5, 0.6) is 0 Å². The molecule has 2 aliphatic heterocycles. The third-order valence-electron chi connectivity index (χ3n) is 9.43. The lowest BCUT2D eigenvalue weighted by atomic mass is 9.99. The van der Waals surface area contributed by atoms with Gasteiger partial charge in [0.2, 0.25) is 23.4 Å². The van der Waals surface area contributed by atoms with Crippen LogP contribution in [0.4, 0.5) is 4.79 Å². The van der Waals surface area contributed by atoms with Crippen molar-refractivity contribution in [2.24, 2.45) is 5.92 Å². The molecule has 0 aliphatic carbocycles. The lowest BCUT2D eigenvalue weighted by Crippen LogP contribution is -2.58. The third-order valence-corrected chi connectivity index (χ3v) is 9.43. The van der Waals surface area contributed by atoms with Gasteiger partial charge in [-0.1, -0.05) is 87.5 Å². The van der Waals surface area contributed by atoms with Crippen LogP contribution in [0.3, 0.4) is 0 Å². The standard InChI is InChI=1S/C39H47N5O10/c1-5-24(4)17-29(34(48)37(51)40-20-32(46)47)41-35(49)30-19-28(54-39(53)43-16-15-26-13-9-10-14-27(26)21-43)22-44(30)38(52)33(23(2)3)42-36(50)31(45)18-25-11-7-6-8-12-25/h6-14,23,28-30,33H,4-5,15-22H2,1-3H3,(H,40,51)(H,41,49)(H,42,50)(H,46,47)/t28-,29?,30+,33+/m1/s1. The number of carboxylic acids is 1. The summed E-state index contributed by atoms with van der Waals surface area (Å²) in [6, 6.07) is 12.3. The molecule has 0 radical (unpaired) electrons. The molecule has 0 spiro atoms. The van der Waals surface area contributed by atoms with Crippen LogP contribution >= 0.6 is 0 Å². The monoisotopic (exact) mass is 745 g/mol. The number of carbonyl (C=O) groups excluding carboxylic acids is 7. The van der Waals surface area contributed by atoms with Gasteiger partial charge < -0.3 is 35.6 Å². The summed E-state index contributed by atoms with van der Waals surface area (Å²) in [4.78, 5) is 107. The van der Waals surface area contributed by atoms with Gasteiger partial charge in [0.1, 0.15) is 30.8 Å². The summed E-state index contributed by atoms with van der Waals surface area (Å²) in [5, 5.41) is 16.0. The Kier molecular flexibility index (Phi) is 14.2. The lowest BCUT2D eigenvalue weighted by molar-refractivity contribution is -0.145. The molecular formula is C39H47N5O10. The Labute approximate surface area is 313 Å². The molecule has 4 atom stereocenters. The number of hydrogen-bond donors (Lipinski definition) is 4. The highest BCUT2D eigenvalue weighted by Gasteiger charge is 2.46. The van der Waals surface area contributed by atoms with Crippen LogP contribution in [0.1, 0.15) is 56.7 Å². The molecule has 1 fully saturated rings. The zero-order valence-electron chi connectivity index (χ0n) is 30.7. The fourth-order valence-electron chi connectivity index (χ4n) is 6.33. The SMILES string of the molecule is C=C(CC)CC(NC(=O)[C@@H]1C[C@@H](OC(=O)N2CCc3ccccc3C2)CN1C(=O)[C@@H](NC(=O)C(=O)Cc1ccccc1)C(C)C)C(=O)C(=O)NCC(=O)O. The van der Waals surface area contributed by atoms with Gasteiger partial charge in [0.05, 0.1) is 6.54 Å². The summed E-state index contributed by atoms with van der Waals surface area (Å²) < 4.78 is 5.85. The van der Waals surface area contributed by atoms with Crippen molar-refractivity contribution < 1.29 is 48.2 Å². The normalized spacial score (nSPS) is 17.4. The number of ketones is 2. The number of benzene rings is 2. The van der Waals surface area contributed by atoms with Gasteiger partial charge in [-0.05, 0) is 41.9 Å². The van der Waals surface area contributed by atoms with Gasteiger partial charge in [0, 0.05) is 25.9 Å². The topological polar surface area (TPSA) is 209 Å². The van der Waals surface area contributed by atoms with Crippen molar-refractivity contribution in [2.45, 2.75) is 83.6 Å². The van der Waals surface area contributed by atoms with Gasteiger partial charge in [-0.15, -0.1) is 0 Å². The molecule has 1 saturated heterocycles. The Balaban J connectivity index is 1.56. The number of hydrogen-bond acceptors (Lipinski definition) is 9. The molecule has 2 aromatic rings. The first-order valence-corrected chi connectivity index (χ1v) is 17.9. The number of Topliss-reactive ketones (excluding diaryl/α,β-unsaturated/α-hetero) is 2. The summed E-state index contributed by atoms with van der Waals surface area (Å²) in [6.45, 7) is 8.57. The Morgan fingerprint density at radius 1 is 0.926 bits per heavy atom. The molecule has 0 saturated carbocycles. The summed E-state index contributed by atoms with van der Waals surface area (Å²) in [5.74, 6) is -7.62. The summed E-state index contributed by atoms with van der Waals surface area (Å²) in [5.41, 5.74) is 3.20. The van der Waals surface area contributed by atoms with E-state index in [1.54, 1.807) is 51.1 Å². The zero-order chi connectivity index (χ0) is 39.5.